The molecule has 3 heteroatoms. The second-order valence-corrected chi connectivity index (χ2v) is 4.36. The predicted octanol–water partition coefficient (Wildman–Crippen LogP) is 2.55. The maximum atomic E-state index is 11.7. The van der Waals surface area contributed by atoms with Gasteiger partial charge in [0.25, 0.3) is 0 Å². The van der Waals surface area contributed by atoms with E-state index in [0.29, 0.717) is 6.42 Å². The number of carbonyl (C=O) groups is 1. The lowest BCUT2D eigenvalue weighted by Gasteiger charge is -2.28. The number of aryl methyl sites for hydroxylation is 1. The van der Waals surface area contributed by atoms with Crippen molar-refractivity contribution in [3.05, 3.63) is 23.8 Å². The van der Waals surface area contributed by atoms with Crippen LogP contribution in [0.3, 0.4) is 0 Å². The first kappa shape index (κ1) is 11.0. The molecule has 0 fully saturated rings. The zero-order valence-electron chi connectivity index (χ0n) is 10.1. The number of hydrogen-bond acceptors (Lipinski definition) is 2. The van der Waals surface area contributed by atoms with E-state index in [-0.39, 0.29) is 11.9 Å². The number of benzene rings is 1. The molecule has 1 atom stereocenters. The van der Waals surface area contributed by atoms with Crippen molar-refractivity contribution in [3.8, 4) is 0 Å². The summed E-state index contributed by atoms with van der Waals surface area (Å²) in [7, 11) is 0. The molecule has 1 unspecified atom stereocenters. The highest BCUT2D eigenvalue weighted by Gasteiger charge is 2.24. The maximum Gasteiger partial charge on any atom is 0.226 e. The third-order valence-corrected chi connectivity index (χ3v) is 3.18. The molecule has 1 aliphatic rings. The number of rotatable bonds is 1. The van der Waals surface area contributed by atoms with E-state index >= 15 is 0 Å². The highest BCUT2D eigenvalue weighted by atomic mass is 16.1. The number of amides is 1. The zero-order chi connectivity index (χ0) is 11.7. The highest BCUT2D eigenvalue weighted by Crippen LogP contribution is 2.33. The molecule has 86 valence electrons. The van der Waals surface area contributed by atoms with Crippen molar-refractivity contribution in [3.63, 3.8) is 0 Å². The van der Waals surface area contributed by atoms with Gasteiger partial charge in [-0.05, 0) is 32.4 Å². The minimum atomic E-state index is 0.110. The Hall–Kier alpha value is -1.51. The molecule has 1 aromatic rings. The summed E-state index contributed by atoms with van der Waals surface area (Å²) in [6.07, 6.45) is 0.557. The molecule has 1 heterocycles. The van der Waals surface area contributed by atoms with Crippen LogP contribution in [0.5, 0.6) is 0 Å². The van der Waals surface area contributed by atoms with Gasteiger partial charge in [-0.3, -0.25) is 4.79 Å². The van der Waals surface area contributed by atoms with Crippen molar-refractivity contribution in [2.75, 3.05) is 16.8 Å². The first-order valence-corrected chi connectivity index (χ1v) is 5.79. The molecule has 0 saturated carbocycles. The molecule has 0 aromatic heterocycles. The summed E-state index contributed by atoms with van der Waals surface area (Å²) in [5.41, 5.74) is 3.23. The lowest BCUT2D eigenvalue weighted by Crippen LogP contribution is -2.33. The number of hydrogen-bond donors (Lipinski definition) is 1. The van der Waals surface area contributed by atoms with Crippen LogP contribution in [0, 0.1) is 6.92 Å². The average molecular weight is 218 g/mol. The first-order chi connectivity index (χ1) is 7.63. The van der Waals surface area contributed by atoms with Gasteiger partial charge >= 0.3 is 0 Å². The summed E-state index contributed by atoms with van der Waals surface area (Å²) in [4.78, 5) is 14.0. The topological polar surface area (TPSA) is 32.3 Å². The van der Waals surface area contributed by atoms with Gasteiger partial charge in [0.2, 0.25) is 5.91 Å². The number of fused-ring (bicyclic) bond motifs is 1. The van der Waals surface area contributed by atoms with Gasteiger partial charge in [0, 0.05) is 19.0 Å². The summed E-state index contributed by atoms with van der Waals surface area (Å²) in [5, 5.41) is 3.00. The Morgan fingerprint density at radius 3 is 2.94 bits per heavy atom. The van der Waals surface area contributed by atoms with Gasteiger partial charge in [-0.1, -0.05) is 12.1 Å². The first-order valence-electron chi connectivity index (χ1n) is 5.79. The Kier molecular flexibility index (Phi) is 2.86. The van der Waals surface area contributed by atoms with Crippen molar-refractivity contribution in [1.29, 1.82) is 0 Å². The van der Waals surface area contributed by atoms with Crippen molar-refractivity contribution >= 4 is 17.3 Å². The summed E-state index contributed by atoms with van der Waals surface area (Å²) in [5.74, 6) is 0.110. The fraction of sp³-hybridized carbons (Fsp3) is 0.462. The van der Waals surface area contributed by atoms with Crippen LogP contribution in [0.1, 0.15) is 25.8 Å². The molecule has 0 saturated heterocycles. The van der Waals surface area contributed by atoms with Crippen LogP contribution in [0.25, 0.3) is 0 Å². The van der Waals surface area contributed by atoms with Crippen molar-refractivity contribution < 1.29 is 4.79 Å². The zero-order valence-corrected chi connectivity index (χ0v) is 10.1. The molecular formula is C13H18N2O. The van der Waals surface area contributed by atoms with Crippen LogP contribution in [0.4, 0.5) is 11.4 Å². The summed E-state index contributed by atoms with van der Waals surface area (Å²) >= 11 is 0. The number of carbonyl (C=O) groups excluding carboxylic acids is 1. The fourth-order valence-corrected chi connectivity index (χ4v) is 2.34. The fourth-order valence-electron chi connectivity index (χ4n) is 2.34. The maximum absolute atomic E-state index is 11.7. The molecule has 16 heavy (non-hydrogen) atoms. The Bertz CT molecular complexity index is 414. The van der Waals surface area contributed by atoms with Crippen LogP contribution < -0.4 is 10.2 Å². The molecule has 1 N–H and O–H groups in total. The van der Waals surface area contributed by atoms with E-state index in [1.54, 1.807) is 0 Å². The molecular weight excluding hydrogens is 200 g/mol. The lowest BCUT2D eigenvalue weighted by atomic mass is 10.1. The normalized spacial score (nSPS) is 20.1. The van der Waals surface area contributed by atoms with Crippen LogP contribution >= 0.6 is 0 Å². The molecule has 1 amide bonds. The van der Waals surface area contributed by atoms with Crippen LogP contribution in [0.15, 0.2) is 18.2 Å². The van der Waals surface area contributed by atoms with E-state index in [0.717, 1.165) is 23.5 Å². The Balaban J connectivity index is 2.54. The Morgan fingerprint density at radius 2 is 2.25 bits per heavy atom. The smallest absolute Gasteiger partial charge is 0.226 e. The molecule has 0 spiro atoms. The number of nitrogens with zero attached hydrogens (tertiary/aromatic N) is 1. The summed E-state index contributed by atoms with van der Waals surface area (Å²) in [6, 6.07) is 6.41. The third-order valence-electron chi connectivity index (χ3n) is 3.18. The Labute approximate surface area is 96.5 Å². The minimum absolute atomic E-state index is 0.110. The average Bonchev–Trinajstić information content (AvgIpc) is 2.35. The number of nitrogens with one attached hydrogen (secondary N) is 1. The van der Waals surface area contributed by atoms with Gasteiger partial charge in [-0.2, -0.15) is 0 Å². The van der Waals surface area contributed by atoms with Crippen molar-refractivity contribution in [2.45, 2.75) is 33.2 Å². The van der Waals surface area contributed by atoms with Crippen molar-refractivity contribution in [2.24, 2.45) is 0 Å². The second kappa shape index (κ2) is 4.16. The van der Waals surface area contributed by atoms with E-state index in [4.69, 9.17) is 0 Å². The minimum Gasteiger partial charge on any atom is -0.367 e. The lowest BCUT2D eigenvalue weighted by molar-refractivity contribution is -0.116. The second-order valence-electron chi connectivity index (χ2n) is 4.36. The quantitative estimate of drug-likeness (QED) is 0.785. The molecule has 0 aliphatic carbocycles. The van der Waals surface area contributed by atoms with Gasteiger partial charge in [-0.15, -0.1) is 0 Å². The van der Waals surface area contributed by atoms with Crippen LogP contribution in [-0.4, -0.2) is 18.5 Å². The van der Waals surface area contributed by atoms with Crippen LogP contribution in [-0.2, 0) is 4.79 Å². The van der Waals surface area contributed by atoms with Gasteiger partial charge in [0.15, 0.2) is 0 Å². The molecule has 3 nitrogen and oxygen atoms in total. The molecule has 2 rings (SSSR count). The monoisotopic (exact) mass is 218 g/mol. The summed E-state index contributed by atoms with van der Waals surface area (Å²) < 4.78 is 0. The predicted molar refractivity (Wildman–Crippen MR) is 66.9 cm³/mol. The molecule has 0 radical (unpaired) electrons. The molecule has 1 aromatic carbocycles. The van der Waals surface area contributed by atoms with Gasteiger partial charge < -0.3 is 10.2 Å². The van der Waals surface area contributed by atoms with E-state index in [1.165, 1.54) is 0 Å². The number of para-hydroxylation sites is 1. The third kappa shape index (κ3) is 1.77. The number of anilines is 2. The Morgan fingerprint density at radius 1 is 1.50 bits per heavy atom. The van der Waals surface area contributed by atoms with Gasteiger partial charge in [0.05, 0.1) is 11.4 Å². The standard InChI is InChI=1S/C13H18N2O/c1-4-15-10(3)8-12(16)14-13-9(2)6-5-7-11(13)15/h5-7,10H,4,8H2,1-3H3,(H,14,16). The highest BCUT2D eigenvalue weighted by molar-refractivity contribution is 5.97. The van der Waals surface area contributed by atoms with E-state index in [2.05, 4.69) is 30.1 Å². The van der Waals surface area contributed by atoms with E-state index in [1.807, 2.05) is 19.1 Å². The van der Waals surface area contributed by atoms with E-state index < -0.39 is 0 Å². The van der Waals surface area contributed by atoms with E-state index in [9.17, 15) is 4.79 Å². The summed E-state index contributed by atoms with van der Waals surface area (Å²) in [6.45, 7) is 7.18. The van der Waals surface area contributed by atoms with Crippen LogP contribution in [0.2, 0.25) is 0 Å². The largest absolute Gasteiger partial charge is 0.367 e. The van der Waals surface area contributed by atoms with Crippen molar-refractivity contribution in [1.82, 2.24) is 0 Å². The van der Waals surface area contributed by atoms with Gasteiger partial charge in [0.1, 0.15) is 0 Å². The SMILES string of the molecule is CCN1c2cccc(C)c2NC(=O)CC1C. The molecule has 1 aliphatic heterocycles. The van der Waals surface area contributed by atoms with Gasteiger partial charge in [-0.25, -0.2) is 0 Å². The molecule has 0 bridgehead atoms.